The number of halogens is 1. The lowest BCUT2D eigenvalue weighted by Gasteiger charge is -2.41. The number of amides is 1. The van der Waals surface area contributed by atoms with Crippen LogP contribution >= 0.6 is 0 Å². The fraction of sp³-hybridized carbons (Fsp3) is 0.375. The Morgan fingerprint density at radius 1 is 1.06 bits per heavy atom. The van der Waals surface area contributed by atoms with Gasteiger partial charge in [0.1, 0.15) is 5.82 Å². The number of piperidine rings is 1. The van der Waals surface area contributed by atoms with Crippen molar-refractivity contribution in [1.29, 1.82) is 0 Å². The predicted octanol–water partition coefficient (Wildman–Crippen LogP) is 3.64. The average Bonchev–Trinajstić information content (AvgIpc) is 2.80. The van der Waals surface area contributed by atoms with Crippen LogP contribution < -0.4 is 0 Å². The lowest BCUT2D eigenvalue weighted by Crippen LogP contribution is -2.52. The van der Waals surface area contributed by atoms with Gasteiger partial charge in [0.25, 0.3) is 5.91 Å². The van der Waals surface area contributed by atoms with E-state index in [1.54, 1.807) is 48.2 Å². The van der Waals surface area contributed by atoms with Crippen LogP contribution in [0.1, 0.15) is 46.0 Å². The molecule has 1 saturated heterocycles. The number of ether oxygens (including phenoxy) is 2. The van der Waals surface area contributed by atoms with Gasteiger partial charge < -0.3 is 14.4 Å². The van der Waals surface area contributed by atoms with Crippen LogP contribution in [0.5, 0.6) is 0 Å². The number of nitrogens with zero attached hydrogens (tertiary/aromatic N) is 1. The first kappa shape index (κ1) is 22.5. The van der Waals surface area contributed by atoms with Crippen molar-refractivity contribution in [2.45, 2.75) is 26.2 Å². The number of hydrogen-bond donors (Lipinski definition) is 0. The summed E-state index contributed by atoms with van der Waals surface area (Å²) in [6.45, 7) is 2.41. The molecule has 0 radical (unpaired) electrons. The molecular weight excluding hydrogens is 401 g/mol. The van der Waals surface area contributed by atoms with Crippen molar-refractivity contribution < 1.29 is 28.2 Å². The van der Waals surface area contributed by atoms with E-state index in [0.717, 1.165) is 0 Å². The Balaban J connectivity index is 1.94. The summed E-state index contributed by atoms with van der Waals surface area (Å²) in [4.78, 5) is 40.0. The van der Waals surface area contributed by atoms with Gasteiger partial charge in [-0.15, -0.1) is 0 Å². The Bertz CT molecular complexity index is 976. The molecule has 0 bridgehead atoms. The van der Waals surface area contributed by atoms with E-state index >= 15 is 0 Å². The van der Waals surface area contributed by atoms with Gasteiger partial charge in [0, 0.05) is 13.1 Å². The van der Waals surface area contributed by atoms with Crippen LogP contribution in [0.2, 0.25) is 0 Å². The fourth-order valence-corrected chi connectivity index (χ4v) is 4.11. The number of hydrogen-bond acceptors (Lipinski definition) is 5. The van der Waals surface area contributed by atoms with E-state index in [-0.39, 0.29) is 36.6 Å². The summed E-state index contributed by atoms with van der Waals surface area (Å²) in [5.74, 6) is -1.82. The summed E-state index contributed by atoms with van der Waals surface area (Å²) in [7, 11) is 1.25. The fourth-order valence-electron chi connectivity index (χ4n) is 4.11. The molecule has 2 aromatic carbocycles. The standard InChI is InChI=1S/C24H26FNO5/c1-3-31-23(29)24(15-17-9-4-7-12-20(17)25)13-8-14-26(16-24)21(27)18-10-5-6-11-19(18)22(28)30-2/h4-7,9-12H,3,8,13-16H2,1-2H3/t24-/m0/s1. The molecule has 164 valence electrons. The highest BCUT2D eigenvalue weighted by molar-refractivity contribution is 6.05. The summed E-state index contributed by atoms with van der Waals surface area (Å²) in [6.07, 6.45) is 1.16. The lowest BCUT2D eigenvalue weighted by molar-refractivity contribution is -0.158. The van der Waals surface area contributed by atoms with Crippen molar-refractivity contribution in [3.63, 3.8) is 0 Å². The Morgan fingerprint density at radius 3 is 2.42 bits per heavy atom. The number of rotatable bonds is 6. The number of benzene rings is 2. The number of likely N-dealkylation sites (tertiary alicyclic amines) is 1. The topological polar surface area (TPSA) is 72.9 Å². The summed E-state index contributed by atoms with van der Waals surface area (Å²) >= 11 is 0. The molecule has 1 amide bonds. The minimum absolute atomic E-state index is 0.0779. The molecule has 6 nitrogen and oxygen atoms in total. The smallest absolute Gasteiger partial charge is 0.338 e. The van der Waals surface area contributed by atoms with Crippen LogP contribution in [0.4, 0.5) is 4.39 Å². The molecule has 1 aliphatic heterocycles. The average molecular weight is 427 g/mol. The molecule has 1 fully saturated rings. The van der Waals surface area contributed by atoms with Gasteiger partial charge in [-0.1, -0.05) is 30.3 Å². The quantitative estimate of drug-likeness (QED) is 0.658. The van der Waals surface area contributed by atoms with Gasteiger partial charge in [0.05, 0.1) is 30.3 Å². The van der Waals surface area contributed by atoms with E-state index in [0.29, 0.717) is 24.9 Å². The number of carbonyl (C=O) groups excluding carboxylic acids is 3. The van der Waals surface area contributed by atoms with Gasteiger partial charge >= 0.3 is 11.9 Å². The van der Waals surface area contributed by atoms with E-state index in [2.05, 4.69) is 0 Å². The second-order valence-corrected chi connectivity index (χ2v) is 7.64. The van der Waals surface area contributed by atoms with Crippen molar-refractivity contribution >= 4 is 17.8 Å². The summed E-state index contributed by atoms with van der Waals surface area (Å²) in [5.41, 5.74) is -0.289. The van der Waals surface area contributed by atoms with Crippen LogP contribution in [0.25, 0.3) is 0 Å². The van der Waals surface area contributed by atoms with E-state index in [4.69, 9.17) is 9.47 Å². The molecule has 0 aromatic heterocycles. The minimum atomic E-state index is -1.06. The van der Waals surface area contributed by atoms with Crippen molar-refractivity contribution in [1.82, 2.24) is 4.90 Å². The molecule has 3 rings (SSSR count). The normalized spacial score (nSPS) is 18.4. The molecule has 0 unspecified atom stereocenters. The third kappa shape index (κ3) is 4.76. The Labute approximate surface area is 180 Å². The first-order valence-electron chi connectivity index (χ1n) is 10.3. The van der Waals surface area contributed by atoms with Crippen molar-refractivity contribution in [2.75, 3.05) is 26.8 Å². The first-order valence-corrected chi connectivity index (χ1v) is 10.3. The molecule has 1 heterocycles. The number of esters is 2. The number of carbonyl (C=O) groups is 3. The van der Waals surface area contributed by atoms with E-state index in [1.807, 2.05) is 0 Å². The van der Waals surface area contributed by atoms with Gasteiger partial charge in [-0.3, -0.25) is 9.59 Å². The zero-order valence-corrected chi connectivity index (χ0v) is 17.7. The minimum Gasteiger partial charge on any atom is -0.466 e. The molecule has 0 aliphatic carbocycles. The number of methoxy groups -OCH3 is 1. The second-order valence-electron chi connectivity index (χ2n) is 7.64. The SMILES string of the molecule is CCOC(=O)[C@]1(Cc2ccccc2F)CCCN(C(=O)c2ccccc2C(=O)OC)C1. The molecule has 0 saturated carbocycles. The monoisotopic (exact) mass is 427 g/mol. The third-order valence-electron chi connectivity index (χ3n) is 5.62. The second kappa shape index (κ2) is 9.73. The lowest BCUT2D eigenvalue weighted by atomic mass is 9.74. The maximum absolute atomic E-state index is 14.4. The highest BCUT2D eigenvalue weighted by Gasteiger charge is 2.45. The highest BCUT2D eigenvalue weighted by Crippen LogP contribution is 2.36. The predicted molar refractivity (Wildman–Crippen MR) is 112 cm³/mol. The van der Waals surface area contributed by atoms with Gasteiger partial charge in [-0.05, 0) is 49.9 Å². The Hall–Kier alpha value is -3.22. The molecular formula is C24H26FNO5. The van der Waals surface area contributed by atoms with Crippen LogP contribution in [0, 0.1) is 11.2 Å². The summed E-state index contributed by atoms with van der Waals surface area (Å²) < 4.78 is 24.5. The van der Waals surface area contributed by atoms with E-state index < -0.39 is 23.2 Å². The van der Waals surface area contributed by atoms with Crippen molar-refractivity contribution in [3.8, 4) is 0 Å². The van der Waals surface area contributed by atoms with Gasteiger partial charge in [0.15, 0.2) is 0 Å². The van der Waals surface area contributed by atoms with Crippen LogP contribution in [-0.2, 0) is 20.7 Å². The third-order valence-corrected chi connectivity index (χ3v) is 5.62. The molecule has 1 aliphatic rings. The van der Waals surface area contributed by atoms with Crippen molar-refractivity contribution in [2.24, 2.45) is 5.41 Å². The van der Waals surface area contributed by atoms with Gasteiger partial charge in [-0.25, -0.2) is 9.18 Å². The molecule has 1 atom stereocenters. The van der Waals surface area contributed by atoms with Gasteiger partial charge in [0.2, 0.25) is 0 Å². The summed E-state index contributed by atoms with van der Waals surface area (Å²) in [5, 5.41) is 0. The Morgan fingerprint density at radius 2 is 1.74 bits per heavy atom. The Kier molecular flexibility index (Phi) is 7.05. The van der Waals surface area contributed by atoms with Crippen molar-refractivity contribution in [3.05, 3.63) is 71.0 Å². The zero-order chi connectivity index (χ0) is 22.4. The molecule has 0 spiro atoms. The molecule has 7 heteroatoms. The first-order chi connectivity index (χ1) is 14.9. The maximum atomic E-state index is 14.4. The van der Waals surface area contributed by atoms with E-state index in [1.165, 1.54) is 19.2 Å². The zero-order valence-electron chi connectivity index (χ0n) is 17.7. The van der Waals surface area contributed by atoms with Crippen LogP contribution in [0.15, 0.2) is 48.5 Å². The maximum Gasteiger partial charge on any atom is 0.338 e. The van der Waals surface area contributed by atoms with Crippen LogP contribution in [0.3, 0.4) is 0 Å². The highest BCUT2D eigenvalue weighted by atomic mass is 19.1. The molecule has 2 aromatic rings. The summed E-state index contributed by atoms with van der Waals surface area (Å²) in [6, 6.07) is 12.7. The van der Waals surface area contributed by atoms with Gasteiger partial charge in [-0.2, -0.15) is 0 Å². The van der Waals surface area contributed by atoms with E-state index in [9.17, 15) is 18.8 Å². The largest absolute Gasteiger partial charge is 0.466 e. The molecule has 31 heavy (non-hydrogen) atoms. The molecule has 0 N–H and O–H groups in total. The van der Waals surface area contributed by atoms with Crippen LogP contribution in [-0.4, -0.2) is 49.6 Å².